The first-order valence-corrected chi connectivity index (χ1v) is 4.21. The topological polar surface area (TPSA) is 55.7 Å². The highest BCUT2D eigenvalue weighted by Gasteiger charge is 2.07. The first-order chi connectivity index (χ1) is 7.27. The Bertz CT molecular complexity index is 417. The van der Waals surface area contributed by atoms with Crippen molar-refractivity contribution < 1.29 is 14.3 Å². The lowest BCUT2D eigenvalue weighted by atomic mass is 10.2. The monoisotopic (exact) mass is 203 g/mol. The summed E-state index contributed by atoms with van der Waals surface area (Å²) in [5, 5.41) is 0. The van der Waals surface area contributed by atoms with Gasteiger partial charge in [-0.2, -0.15) is 4.99 Å². The van der Waals surface area contributed by atoms with Crippen LogP contribution in [0.2, 0.25) is 0 Å². The highest BCUT2D eigenvalue weighted by molar-refractivity contribution is 5.94. The molecule has 1 aromatic rings. The molecule has 0 aliphatic carbocycles. The van der Waals surface area contributed by atoms with Crippen LogP contribution in [-0.2, 0) is 14.3 Å². The van der Waals surface area contributed by atoms with E-state index in [4.69, 9.17) is 0 Å². The van der Waals surface area contributed by atoms with Crippen molar-refractivity contribution in [3.05, 3.63) is 41.6 Å². The molecule has 1 aromatic carbocycles. The Morgan fingerprint density at radius 1 is 1.40 bits per heavy atom. The maximum atomic E-state index is 11.1. The zero-order chi connectivity index (χ0) is 11.1. The van der Waals surface area contributed by atoms with Gasteiger partial charge in [-0.05, 0) is 11.6 Å². The molecule has 0 heterocycles. The van der Waals surface area contributed by atoms with E-state index in [-0.39, 0.29) is 5.70 Å². The van der Waals surface area contributed by atoms with Crippen LogP contribution in [0.3, 0.4) is 0 Å². The maximum Gasteiger partial charge on any atom is 0.357 e. The zero-order valence-corrected chi connectivity index (χ0v) is 8.14. The van der Waals surface area contributed by atoms with Gasteiger partial charge in [-0.15, -0.1) is 0 Å². The molecule has 76 valence electrons. The first-order valence-electron chi connectivity index (χ1n) is 4.21. The fourth-order valence-electron chi connectivity index (χ4n) is 0.998. The Hall–Kier alpha value is -2.19. The standard InChI is InChI=1S/C11H9NO3/c1-15-11(14)10(12-8-13)7-9-5-3-2-4-6-9/h2-7H,1H3/b10-7-. The number of nitrogens with zero attached hydrogens (tertiary/aromatic N) is 1. The van der Waals surface area contributed by atoms with Crippen molar-refractivity contribution in [2.24, 2.45) is 4.99 Å². The fourth-order valence-corrected chi connectivity index (χ4v) is 0.998. The number of isocyanates is 1. The summed E-state index contributed by atoms with van der Waals surface area (Å²) < 4.78 is 4.46. The van der Waals surface area contributed by atoms with Crippen LogP contribution in [-0.4, -0.2) is 19.2 Å². The van der Waals surface area contributed by atoms with Crippen LogP contribution in [0.4, 0.5) is 0 Å². The summed E-state index contributed by atoms with van der Waals surface area (Å²) in [6, 6.07) is 9.03. The van der Waals surface area contributed by atoms with E-state index in [0.29, 0.717) is 0 Å². The third kappa shape index (κ3) is 3.21. The highest BCUT2D eigenvalue weighted by Crippen LogP contribution is 2.08. The number of methoxy groups -OCH3 is 1. The van der Waals surface area contributed by atoms with Crippen LogP contribution in [0.15, 0.2) is 41.0 Å². The molecule has 4 nitrogen and oxygen atoms in total. The average Bonchev–Trinajstić information content (AvgIpc) is 2.29. The van der Waals surface area contributed by atoms with Gasteiger partial charge in [-0.25, -0.2) is 9.59 Å². The van der Waals surface area contributed by atoms with Gasteiger partial charge in [0.2, 0.25) is 6.08 Å². The molecule has 0 saturated heterocycles. The number of carbonyl (C=O) groups is 1. The van der Waals surface area contributed by atoms with Crippen LogP contribution in [0.5, 0.6) is 0 Å². The Kier molecular flexibility index (Phi) is 4.01. The van der Waals surface area contributed by atoms with Crippen molar-refractivity contribution in [2.45, 2.75) is 0 Å². The minimum atomic E-state index is -0.665. The van der Waals surface area contributed by atoms with Crippen molar-refractivity contribution >= 4 is 18.1 Å². The molecule has 0 aliphatic heterocycles. The van der Waals surface area contributed by atoms with E-state index in [1.165, 1.54) is 19.3 Å². The molecule has 0 radical (unpaired) electrons. The Balaban J connectivity index is 3.04. The summed E-state index contributed by atoms with van der Waals surface area (Å²) in [4.78, 5) is 24.5. The second kappa shape index (κ2) is 5.52. The van der Waals surface area contributed by atoms with E-state index < -0.39 is 5.97 Å². The van der Waals surface area contributed by atoms with Gasteiger partial charge in [0.25, 0.3) is 0 Å². The molecule has 4 heteroatoms. The van der Waals surface area contributed by atoms with Gasteiger partial charge in [0, 0.05) is 0 Å². The SMILES string of the molecule is COC(=O)/C(=C/c1ccccc1)N=C=O. The minimum absolute atomic E-state index is 0.0706. The molecule has 0 atom stereocenters. The largest absolute Gasteiger partial charge is 0.464 e. The van der Waals surface area contributed by atoms with Crippen LogP contribution in [0, 0.1) is 0 Å². The van der Waals surface area contributed by atoms with Crippen LogP contribution in [0.1, 0.15) is 5.56 Å². The summed E-state index contributed by atoms with van der Waals surface area (Å²) in [7, 11) is 1.22. The van der Waals surface area contributed by atoms with E-state index in [9.17, 15) is 9.59 Å². The quantitative estimate of drug-likeness (QED) is 0.324. The lowest BCUT2D eigenvalue weighted by Crippen LogP contribution is -2.02. The molecule has 0 aromatic heterocycles. The average molecular weight is 203 g/mol. The molecule has 0 N–H and O–H groups in total. The lowest BCUT2D eigenvalue weighted by Gasteiger charge is -1.97. The van der Waals surface area contributed by atoms with Gasteiger partial charge in [-0.1, -0.05) is 30.3 Å². The van der Waals surface area contributed by atoms with Crippen LogP contribution in [0.25, 0.3) is 6.08 Å². The maximum absolute atomic E-state index is 11.1. The number of hydrogen-bond acceptors (Lipinski definition) is 4. The number of carbonyl (C=O) groups excluding carboxylic acids is 2. The van der Waals surface area contributed by atoms with Gasteiger partial charge in [0.1, 0.15) is 0 Å². The molecule has 0 saturated carbocycles. The van der Waals surface area contributed by atoms with Crippen molar-refractivity contribution in [1.29, 1.82) is 0 Å². The van der Waals surface area contributed by atoms with Gasteiger partial charge in [-0.3, -0.25) is 0 Å². The Morgan fingerprint density at radius 3 is 2.60 bits per heavy atom. The molecule has 1 rings (SSSR count). The molecule has 0 spiro atoms. The minimum Gasteiger partial charge on any atom is -0.464 e. The number of benzene rings is 1. The van der Waals surface area contributed by atoms with E-state index in [0.717, 1.165) is 5.56 Å². The predicted molar refractivity (Wildman–Crippen MR) is 54.6 cm³/mol. The van der Waals surface area contributed by atoms with Crippen molar-refractivity contribution in [1.82, 2.24) is 0 Å². The summed E-state index contributed by atoms with van der Waals surface area (Å²) in [6.07, 6.45) is 2.76. The van der Waals surface area contributed by atoms with Crippen LogP contribution >= 0.6 is 0 Å². The first kappa shape index (κ1) is 10.9. The molecule has 0 unspecified atom stereocenters. The molecule has 0 fully saturated rings. The van der Waals surface area contributed by atoms with E-state index in [1.807, 2.05) is 18.2 Å². The molecular weight excluding hydrogens is 194 g/mol. The van der Waals surface area contributed by atoms with E-state index >= 15 is 0 Å². The third-order valence-corrected chi connectivity index (χ3v) is 1.66. The van der Waals surface area contributed by atoms with Gasteiger partial charge in [0.05, 0.1) is 7.11 Å². The van der Waals surface area contributed by atoms with E-state index in [2.05, 4.69) is 9.73 Å². The van der Waals surface area contributed by atoms with Crippen molar-refractivity contribution in [2.75, 3.05) is 7.11 Å². The summed E-state index contributed by atoms with van der Waals surface area (Å²) in [5.41, 5.74) is 0.690. The molecule has 0 aliphatic rings. The molecule has 0 bridgehead atoms. The highest BCUT2D eigenvalue weighted by atomic mass is 16.5. The second-order valence-electron chi connectivity index (χ2n) is 2.63. The van der Waals surface area contributed by atoms with E-state index in [1.54, 1.807) is 12.1 Å². The number of ether oxygens (including phenoxy) is 1. The normalized spacial score (nSPS) is 10.3. The van der Waals surface area contributed by atoms with Crippen molar-refractivity contribution in [3.63, 3.8) is 0 Å². The molecule has 0 amide bonds. The Morgan fingerprint density at radius 2 is 2.07 bits per heavy atom. The number of hydrogen-bond donors (Lipinski definition) is 0. The smallest absolute Gasteiger partial charge is 0.357 e. The Labute approximate surface area is 86.9 Å². The van der Waals surface area contributed by atoms with Gasteiger partial charge >= 0.3 is 5.97 Å². The zero-order valence-electron chi connectivity index (χ0n) is 8.14. The second-order valence-corrected chi connectivity index (χ2v) is 2.63. The number of aliphatic imine (C=N–C) groups is 1. The summed E-state index contributed by atoms with van der Waals surface area (Å²) in [6.45, 7) is 0. The number of rotatable bonds is 3. The fraction of sp³-hybridized carbons (Fsp3) is 0.0909. The van der Waals surface area contributed by atoms with Gasteiger partial charge < -0.3 is 4.74 Å². The molecule has 15 heavy (non-hydrogen) atoms. The predicted octanol–water partition coefficient (Wildman–Crippen LogP) is 1.54. The number of esters is 1. The van der Waals surface area contributed by atoms with Crippen LogP contribution < -0.4 is 0 Å². The lowest BCUT2D eigenvalue weighted by molar-refractivity contribution is -0.136. The van der Waals surface area contributed by atoms with Gasteiger partial charge in [0.15, 0.2) is 5.70 Å². The third-order valence-electron chi connectivity index (χ3n) is 1.66. The summed E-state index contributed by atoms with van der Waals surface area (Å²) in [5.74, 6) is -0.665. The summed E-state index contributed by atoms with van der Waals surface area (Å²) >= 11 is 0. The molecular formula is C11H9NO3. The van der Waals surface area contributed by atoms with Crippen molar-refractivity contribution in [3.8, 4) is 0 Å².